The Morgan fingerprint density at radius 3 is 2.71 bits per heavy atom. The zero-order chi connectivity index (χ0) is 20.1. The van der Waals surface area contributed by atoms with Gasteiger partial charge < -0.3 is 10.3 Å². The molecule has 0 unspecified atom stereocenters. The van der Waals surface area contributed by atoms with Crippen molar-refractivity contribution < 1.29 is 12.8 Å². The van der Waals surface area contributed by atoms with Crippen LogP contribution in [0.3, 0.4) is 0 Å². The summed E-state index contributed by atoms with van der Waals surface area (Å²) in [7, 11) is -1.89. The summed E-state index contributed by atoms with van der Waals surface area (Å²) in [4.78, 5) is 8.18. The van der Waals surface area contributed by atoms with Gasteiger partial charge in [-0.25, -0.2) is 22.8 Å². The number of fused-ring (bicyclic) bond motifs is 1. The van der Waals surface area contributed by atoms with Gasteiger partial charge in [0.15, 0.2) is 9.84 Å². The second-order valence-electron chi connectivity index (χ2n) is 6.21. The van der Waals surface area contributed by atoms with Crippen molar-refractivity contribution >= 4 is 54.0 Å². The Morgan fingerprint density at radius 1 is 1.21 bits per heavy atom. The monoisotopic (exact) mass is 480 g/mol. The van der Waals surface area contributed by atoms with Gasteiger partial charge in [0, 0.05) is 29.9 Å². The van der Waals surface area contributed by atoms with Gasteiger partial charge in [-0.3, -0.25) is 0 Å². The third-order valence-corrected chi connectivity index (χ3v) is 8.22. The number of halogens is 2. The van der Waals surface area contributed by atoms with E-state index in [1.54, 1.807) is 36.0 Å². The van der Waals surface area contributed by atoms with E-state index in [0.717, 1.165) is 11.3 Å². The highest BCUT2D eigenvalue weighted by Crippen LogP contribution is 2.35. The average molecular weight is 481 g/mol. The molecule has 4 rings (SSSR count). The van der Waals surface area contributed by atoms with Gasteiger partial charge in [-0.2, -0.15) is 0 Å². The van der Waals surface area contributed by atoms with Crippen molar-refractivity contribution in [3.63, 3.8) is 0 Å². The smallest absolute Gasteiger partial charge is 0.192 e. The van der Waals surface area contributed by atoms with E-state index in [1.165, 1.54) is 18.5 Å². The second kappa shape index (κ2) is 6.94. The first kappa shape index (κ1) is 19.0. The molecular formula is C18H14BrFN4O2S2. The first-order valence-corrected chi connectivity index (χ1v) is 11.4. The fraction of sp³-hybridized carbons (Fsp3) is 0.111. The van der Waals surface area contributed by atoms with Crippen molar-refractivity contribution in [2.45, 2.75) is 9.96 Å². The van der Waals surface area contributed by atoms with E-state index in [-0.39, 0.29) is 21.2 Å². The third kappa shape index (κ3) is 3.21. The lowest BCUT2D eigenvalue weighted by Gasteiger charge is -2.08. The highest BCUT2D eigenvalue weighted by Gasteiger charge is 2.23. The Morgan fingerprint density at radius 2 is 2.00 bits per heavy atom. The van der Waals surface area contributed by atoms with E-state index in [0.29, 0.717) is 20.4 Å². The number of aryl methyl sites for hydroxylation is 1. The molecule has 144 valence electrons. The van der Waals surface area contributed by atoms with Crippen LogP contribution >= 0.6 is 27.3 Å². The maximum Gasteiger partial charge on any atom is 0.192 e. The Kier molecular flexibility index (Phi) is 4.72. The van der Waals surface area contributed by atoms with Gasteiger partial charge in [-0.15, -0.1) is 11.3 Å². The van der Waals surface area contributed by atoms with Crippen molar-refractivity contribution in [2.24, 2.45) is 7.05 Å². The highest BCUT2D eigenvalue weighted by molar-refractivity contribution is 9.11. The number of anilines is 1. The average Bonchev–Trinajstić information content (AvgIpc) is 3.22. The number of rotatable bonds is 4. The summed E-state index contributed by atoms with van der Waals surface area (Å²) in [6.07, 6.45) is 3.06. The minimum atomic E-state index is -3.67. The molecular weight excluding hydrogens is 467 g/mol. The van der Waals surface area contributed by atoms with Crippen LogP contribution in [0, 0.1) is 5.82 Å². The molecule has 0 radical (unpaired) electrons. The molecule has 0 bridgehead atoms. The van der Waals surface area contributed by atoms with Crippen molar-refractivity contribution in [1.29, 1.82) is 0 Å². The summed E-state index contributed by atoms with van der Waals surface area (Å²) in [6, 6.07) is 7.86. The quantitative estimate of drug-likeness (QED) is 0.473. The van der Waals surface area contributed by atoms with E-state index in [9.17, 15) is 8.42 Å². The zero-order valence-electron chi connectivity index (χ0n) is 14.6. The van der Waals surface area contributed by atoms with Gasteiger partial charge in [0.1, 0.15) is 27.8 Å². The normalized spacial score (nSPS) is 12.0. The van der Waals surface area contributed by atoms with Crippen molar-refractivity contribution in [3.05, 3.63) is 58.0 Å². The van der Waals surface area contributed by atoms with Crippen LogP contribution in [0.1, 0.15) is 5.56 Å². The number of hydrogen-bond donors (Lipinski definition) is 1. The molecule has 0 amide bonds. The van der Waals surface area contributed by atoms with Crippen LogP contribution in [-0.4, -0.2) is 23.0 Å². The van der Waals surface area contributed by atoms with Crippen LogP contribution in [0.15, 0.2) is 50.9 Å². The number of thiophene rings is 1. The molecule has 10 heteroatoms. The number of nitrogen functional groups attached to an aromatic ring is 1. The van der Waals surface area contributed by atoms with Crippen LogP contribution < -0.4 is 5.73 Å². The number of hydrogen-bond acceptors (Lipinski definition) is 6. The van der Waals surface area contributed by atoms with Gasteiger partial charge in [-0.05, 0) is 28.1 Å². The minimum absolute atomic E-state index is 0.0921. The van der Waals surface area contributed by atoms with E-state index in [1.807, 2.05) is 0 Å². The lowest BCUT2D eigenvalue weighted by Crippen LogP contribution is -2.05. The minimum Gasteiger partial charge on any atom is -0.383 e. The summed E-state index contributed by atoms with van der Waals surface area (Å²) in [5.74, 6) is -0.796. The summed E-state index contributed by atoms with van der Waals surface area (Å²) in [5.41, 5.74) is 7.43. The van der Waals surface area contributed by atoms with E-state index in [2.05, 4.69) is 25.9 Å². The predicted molar refractivity (Wildman–Crippen MR) is 111 cm³/mol. The number of nitrogens with zero attached hydrogens (tertiary/aromatic N) is 3. The van der Waals surface area contributed by atoms with Gasteiger partial charge in [0.2, 0.25) is 0 Å². The second-order valence-corrected chi connectivity index (χ2v) is 10.9. The summed E-state index contributed by atoms with van der Waals surface area (Å²) >= 11 is 4.35. The first-order chi connectivity index (χ1) is 13.3. The standard InChI is InChI=1S/C18H14BrFN4O2S2/c1-24-7-12(15-17(21)22-9-23-18(15)24)11-4-2-3-10(16(11)20)8-28(25,26)14-6-5-13(19)27-14/h2-7,9H,8H2,1H3,(H2,21,22,23). The number of sulfone groups is 1. The Labute approximate surface area is 172 Å². The summed E-state index contributed by atoms with van der Waals surface area (Å²) in [5, 5.41) is 0.533. The fourth-order valence-corrected chi connectivity index (χ4v) is 6.52. The largest absolute Gasteiger partial charge is 0.383 e. The molecule has 28 heavy (non-hydrogen) atoms. The van der Waals surface area contributed by atoms with Crippen LogP contribution in [0.25, 0.3) is 22.2 Å². The summed E-state index contributed by atoms with van der Waals surface area (Å²) < 4.78 is 43.3. The SMILES string of the molecule is Cn1cc(-c2cccc(CS(=O)(=O)c3ccc(Br)s3)c2F)c2c(N)ncnc21. The molecule has 2 N–H and O–H groups in total. The van der Waals surface area contributed by atoms with Crippen LogP contribution in [0.5, 0.6) is 0 Å². The molecule has 3 heterocycles. The van der Waals surface area contributed by atoms with E-state index >= 15 is 4.39 Å². The summed E-state index contributed by atoms with van der Waals surface area (Å²) in [6.45, 7) is 0. The highest BCUT2D eigenvalue weighted by atomic mass is 79.9. The van der Waals surface area contributed by atoms with E-state index < -0.39 is 21.4 Å². The predicted octanol–water partition coefficient (Wildman–Crippen LogP) is 4.15. The maximum atomic E-state index is 15.3. The van der Waals surface area contributed by atoms with Crippen molar-refractivity contribution in [1.82, 2.24) is 14.5 Å². The number of nitrogens with two attached hydrogens (primary N) is 1. The molecule has 4 aromatic rings. The Balaban J connectivity index is 1.83. The lowest BCUT2D eigenvalue weighted by atomic mass is 10.0. The molecule has 0 saturated heterocycles. The van der Waals surface area contributed by atoms with Crippen LogP contribution in [0.4, 0.5) is 10.2 Å². The molecule has 0 aliphatic carbocycles. The molecule has 1 aromatic carbocycles. The molecule has 3 aromatic heterocycles. The molecule has 6 nitrogen and oxygen atoms in total. The Bertz CT molecular complexity index is 1310. The van der Waals surface area contributed by atoms with Crippen LogP contribution in [0.2, 0.25) is 0 Å². The molecule has 0 atom stereocenters. The first-order valence-electron chi connectivity index (χ1n) is 8.09. The van der Waals surface area contributed by atoms with Crippen molar-refractivity contribution in [3.8, 4) is 11.1 Å². The van der Waals surface area contributed by atoms with Crippen molar-refractivity contribution in [2.75, 3.05) is 5.73 Å². The Hall–Kier alpha value is -2.30. The van der Waals surface area contributed by atoms with Gasteiger partial charge in [-0.1, -0.05) is 18.2 Å². The van der Waals surface area contributed by atoms with E-state index in [4.69, 9.17) is 5.73 Å². The van der Waals surface area contributed by atoms with Crippen LogP contribution in [-0.2, 0) is 22.6 Å². The number of benzene rings is 1. The molecule has 0 aliphatic heterocycles. The third-order valence-electron chi connectivity index (χ3n) is 4.35. The fourth-order valence-electron chi connectivity index (χ4n) is 3.08. The molecule has 0 aliphatic rings. The molecule has 0 fully saturated rings. The van der Waals surface area contributed by atoms with Gasteiger partial charge >= 0.3 is 0 Å². The lowest BCUT2D eigenvalue weighted by molar-refractivity contribution is 0.589. The maximum absolute atomic E-state index is 15.3. The number of aromatic nitrogens is 3. The molecule has 0 saturated carbocycles. The molecule has 0 spiro atoms. The topological polar surface area (TPSA) is 90.9 Å². The van der Waals surface area contributed by atoms with Gasteiger partial charge in [0.25, 0.3) is 0 Å². The zero-order valence-corrected chi connectivity index (χ0v) is 17.8. The van der Waals surface area contributed by atoms with Gasteiger partial charge in [0.05, 0.1) is 14.9 Å².